The van der Waals surface area contributed by atoms with Crippen molar-refractivity contribution in [3.05, 3.63) is 69.3 Å². The van der Waals surface area contributed by atoms with E-state index in [1.54, 1.807) is 0 Å². The van der Waals surface area contributed by atoms with E-state index in [2.05, 4.69) is 24.1 Å². The van der Waals surface area contributed by atoms with Gasteiger partial charge in [0, 0.05) is 48.5 Å². The highest BCUT2D eigenvalue weighted by atomic mass is 16.6. The number of nitro benzene ring substituents is 1. The van der Waals surface area contributed by atoms with Crippen molar-refractivity contribution in [2.75, 3.05) is 18.0 Å². The third-order valence-corrected chi connectivity index (χ3v) is 6.92. The van der Waals surface area contributed by atoms with Gasteiger partial charge < -0.3 is 25.2 Å². The first kappa shape index (κ1) is 25.2. The van der Waals surface area contributed by atoms with Crippen molar-refractivity contribution >= 4 is 29.4 Å². The van der Waals surface area contributed by atoms with E-state index in [1.807, 2.05) is 36.4 Å². The lowest BCUT2D eigenvalue weighted by molar-refractivity contribution is -0.385. The van der Waals surface area contributed by atoms with Gasteiger partial charge in [0.15, 0.2) is 0 Å². The first-order valence-corrected chi connectivity index (χ1v) is 11.8. The van der Waals surface area contributed by atoms with Crippen LogP contribution in [0.4, 0.5) is 11.4 Å². The van der Waals surface area contributed by atoms with Crippen LogP contribution in [0.25, 0.3) is 6.08 Å². The van der Waals surface area contributed by atoms with E-state index in [1.165, 1.54) is 12.1 Å². The molecule has 0 fully saturated rings. The average molecular weight is 496 g/mol. The Labute approximate surface area is 208 Å². The van der Waals surface area contributed by atoms with E-state index in [4.69, 9.17) is 14.9 Å². The Morgan fingerprint density at radius 1 is 1.14 bits per heavy atom. The predicted molar refractivity (Wildman–Crippen MR) is 133 cm³/mol. The molecule has 10 nitrogen and oxygen atoms in total. The maximum Gasteiger partial charge on any atom is 0.317 e. The largest absolute Gasteiger partial charge is 0.481 e. The van der Waals surface area contributed by atoms with Crippen LogP contribution in [0.1, 0.15) is 49.8 Å². The number of carboxylic acids is 2. The second-order valence-electron chi connectivity index (χ2n) is 9.55. The third-order valence-electron chi connectivity index (χ3n) is 6.92. The van der Waals surface area contributed by atoms with Gasteiger partial charge in [0.25, 0.3) is 5.69 Å². The Morgan fingerprint density at radius 2 is 1.89 bits per heavy atom. The van der Waals surface area contributed by atoms with Crippen LogP contribution in [0.15, 0.2) is 42.5 Å². The summed E-state index contributed by atoms with van der Waals surface area (Å²) in [6.45, 7) is 4.47. The summed E-state index contributed by atoms with van der Waals surface area (Å²) in [7, 11) is 0. The summed E-state index contributed by atoms with van der Waals surface area (Å²) in [5.74, 6) is -1.42. The number of carboxylic acid groups (broad SMARTS) is 2. The summed E-state index contributed by atoms with van der Waals surface area (Å²) in [4.78, 5) is 35.3. The lowest BCUT2D eigenvalue weighted by Gasteiger charge is -2.47. The second-order valence-corrected chi connectivity index (χ2v) is 9.55. The summed E-state index contributed by atoms with van der Waals surface area (Å²) in [6.07, 6.45) is 4.97. The standard InChI is InChI=1S/C26H29N3O7/c1-25(2)20-7-3-4-8-21(20)28(12-6-5-9-22(30)31)26(25)11-10-17-13-19(29(34)35)14-18(24(17)36-26)15-27-16-23(32)33/h3-4,7-8,10-11,13-14,27H,5-6,9,12,15-16H2,1-2H3,(H,30,31)(H,32,33). The van der Waals surface area contributed by atoms with Crippen molar-refractivity contribution in [2.45, 2.75) is 50.8 Å². The maximum absolute atomic E-state index is 11.5. The Bertz CT molecular complexity index is 1240. The van der Waals surface area contributed by atoms with E-state index < -0.39 is 28.0 Å². The minimum atomic E-state index is -1.04. The van der Waals surface area contributed by atoms with E-state index >= 15 is 0 Å². The molecule has 0 aliphatic carbocycles. The van der Waals surface area contributed by atoms with E-state index in [0.29, 0.717) is 36.3 Å². The van der Waals surface area contributed by atoms with Crippen molar-refractivity contribution < 1.29 is 29.5 Å². The lowest BCUT2D eigenvalue weighted by atomic mass is 9.76. The Balaban J connectivity index is 1.76. The van der Waals surface area contributed by atoms with E-state index in [-0.39, 0.29) is 25.2 Å². The predicted octanol–water partition coefficient (Wildman–Crippen LogP) is 3.92. The van der Waals surface area contributed by atoms with Gasteiger partial charge in [-0.15, -0.1) is 0 Å². The van der Waals surface area contributed by atoms with Gasteiger partial charge in [-0.1, -0.05) is 18.2 Å². The topological polar surface area (TPSA) is 142 Å². The zero-order valence-corrected chi connectivity index (χ0v) is 20.2. The Kier molecular flexibility index (Phi) is 6.73. The molecule has 2 aromatic carbocycles. The van der Waals surface area contributed by atoms with Crippen LogP contribution in [0, 0.1) is 10.1 Å². The molecule has 1 unspecified atom stereocenters. The summed E-state index contributed by atoms with van der Waals surface area (Å²) >= 11 is 0. The van der Waals surface area contributed by atoms with Gasteiger partial charge in [0.05, 0.1) is 16.9 Å². The van der Waals surface area contributed by atoms with Gasteiger partial charge in [-0.05, 0) is 50.5 Å². The third kappa shape index (κ3) is 4.39. The summed E-state index contributed by atoms with van der Waals surface area (Å²) in [6, 6.07) is 10.8. The number of benzene rings is 2. The number of fused-ring (bicyclic) bond motifs is 2. The lowest BCUT2D eigenvalue weighted by Crippen LogP contribution is -2.59. The minimum Gasteiger partial charge on any atom is -0.481 e. The molecule has 4 rings (SSSR count). The Morgan fingerprint density at radius 3 is 2.58 bits per heavy atom. The van der Waals surface area contributed by atoms with E-state index in [0.717, 1.165) is 11.3 Å². The number of nitrogens with zero attached hydrogens (tertiary/aromatic N) is 2. The zero-order chi connectivity index (χ0) is 26.1. The number of hydrogen-bond acceptors (Lipinski definition) is 7. The van der Waals surface area contributed by atoms with Gasteiger partial charge in [-0.3, -0.25) is 19.7 Å². The molecule has 0 saturated carbocycles. The van der Waals surface area contributed by atoms with Crippen LogP contribution in [0.2, 0.25) is 0 Å². The minimum absolute atomic E-state index is 0.0756. The quantitative estimate of drug-likeness (QED) is 0.254. The van der Waals surface area contributed by atoms with E-state index in [9.17, 15) is 19.7 Å². The molecule has 2 aromatic rings. The van der Waals surface area contributed by atoms with Crippen molar-refractivity contribution in [1.29, 1.82) is 0 Å². The highest BCUT2D eigenvalue weighted by Gasteiger charge is 2.58. The molecule has 2 aliphatic heterocycles. The van der Waals surface area contributed by atoms with Crippen LogP contribution >= 0.6 is 0 Å². The number of hydrogen-bond donors (Lipinski definition) is 3. The molecule has 2 aliphatic rings. The van der Waals surface area contributed by atoms with Gasteiger partial charge in [-0.2, -0.15) is 0 Å². The molecule has 2 heterocycles. The number of nitro groups is 1. The number of anilines is 1. The molecule has 0 bridgehead atoms. The number of ether oxygens (including phenoxy) is 1. The smallest absolute Gasteiger partial charge is 0.317 e. The number of carbonyl (C=O) groups is 2. The molecule has 190 valence electrons. The molecule has 0 radical (unpaired) electrons. The number of nitrogens with one attached hydrogen (secondary N) is 1. The highest BCUT2D eigenvalue weighted by Crippen LogP contribution is 2.55. The molecule has 1 atom stereocenters. The Hall–Kier alpha value is -3.92. The first-order valence-electron chi connectivity index (χ1n) is 11.8. The van der Waals surface area contributed by atoms with Crippen molar-refractivity contribution in [2.24, 2.45) is 0 Å². The first-order chi connectivity index (χ1) is 17.1. The van der Waals surface area contributed by atoms with Gasteiger partial charge in [-0.25, -0.2) is 0 Å². The second kappa shape index (κ2) is 9.62. The molecular formula is C26H29N3O7. The van der Waals surface area contributed by atoms with Crippen LogP contribution in [-0.2, 0) is 21.5 Å². The van der Waals surface area contributed by atoms with Crippen LogP contribution < -0.4 is 15.0 Å². The monoisotopic (exact) mass is 495 g/mol. The molecular weight excluding hydrogens is 466 g/mol. The molecule has 0 aromatic heterocycles. The highest BCUT2D eigenvalue weighted by molar-refractivity contribution is 5.74. The molecule has 0 amide bonds. The number of rotatable bonds is 10. The van der Waals surface area contributed by atoms with Crippen molar-refractivity contribution in [1.82, 2.24) is 5.32 Å². The fourth-order valence-electron chi connectivity index (χ4n) is 5.14. The van der Waals surface area contributed by atoms with Gasteiger partial charge >= 0.3 is 11.9 Å². The molecule has 0 saturated heterocycles. The fraction of sp³-hybridized carbons (Fsp3) is 0.385. The summed E-state index contributed by atoms with van der Waals surface area (Å²) < 4.78 is 6.81. The molecule has 10 heteroatoms. The fourth-order valence-corrected chi connectivity index (χ4v) is 5.14. The molecule has 1 spiro atoms. The normalized spacial score (nSPS) is 19.0. The van der Waals surface area contributed by atoms with Gasteiger partial charge in [0.2, 0.25) is 5.72 Å². The SMILES string of the molecule is CC1(C)c2ccccc2N(CCCCC(=O)O)C12C=Cc1cc([N+](=O)[O-])cc(CNCC(=O)O)c1O2. The van der Waals surface area contributed by atoms with Gasteiger partial charge in [0.1, 0.15) is 5.75 Å². The summed E-state index contributed by atoms with van der Waals surface area (Å²) in [5, 5.41) is 32.4. The van der Waals surface area contributed by atoms with Crippen LogP contribution in [-0.4, -0.2) is 45.9 Å². The van der Waals surface area contributed by atoms with Crippen molar-refractivity contribution in [3.63, 3.8) is 0 Å². The summed E-state index contributed by atoms with van der Waals surface area (Å²) in [5.41, 5.74) is 1.48. The maximum atomic E-state index is 11.5. The van der Waals surface area contributed by atoms with Crippen LogP contribution in [0.3, 0.4) is 0 Å². The van der Waals surface area contributed by atoms with Crippen molar-refractivity contribution in [3.8, 4) is 5.75 Å². The molecule has 3 N–H and O–H groups in total. The molecule has 36 heavy (non-hydrogen) atoms. The average Bonchev–Trinajstić information content (AvgIpc) is 3.00. The number of non-ortho nitro benzene ring substituents is 1. The number of aliphatic carboxylic acids is 2. The number of unbranched alkanes of at least 4 members (excludes halogenated alkanes) is 1. The zero-order valence-electron chi connectivity index (χ0n) is 20.2. The number of para-hydroxylation sites is 1. The van der Waals surface area contributed by atoms with Crippen LogP contribution in [0.5, 0.6) is 5.75 Å².